The molecule has 11 nitrogen and oxygen atoms in total. The summed E-state index contributed by atoms with van der Waals surface area (Å²) >= 11 is 0. The van der Waals surface area contributed by atoms with Crippen molar-refractivity contribution in [1.82, 2.24) is 15.1 Å². The van der Waals surface area contributed by atoms with Gasteiger partial charge in [-0.3, -0.25) is 19.3 Å². The van der Waals surface area contributed by atoms with Crippen LogP contribution < -0.4 is 10.2 Å². The Labute approximate surface area is 223 Å². The van der Waals surface area contributed by atoms with Crippen LogP contribution in [0.5, 0.6) is 0 Å². The van der Waals surface area contributed by atoms with Gasteiger partial charge in [-0.1, -0.05) is 25.9 Å². The number of Topliss-reactive ketones (excluding diaryl/α,β-unsaturated/α-hetero) is 1. The van der Waals surface area contributed by atoms with E-state index in [4.69, 9.17) is 10.3 Å². The number of ether oxygens (including phenoxy) is 1. The summed E-state index contributed by atoms with van der Waals surface area (Å²) in [5.74, 6) is -0.912. The summed E-state index contributed by atoms with van der Waals surface area (Å²) in [6.45, 7) is 10.0. The average molecular weight is 524 g/mol. The number of amides is 2. The van der Waals surface area contributed by atoms with E-state index in [9.17, 15) is 14.4 Å². The zero-order valence-corrected chi connectivity index (χ0v) is 22.4. The Balaban J connectivity index is 1.27. The number of azide groups is 1. The Morgan fingerprint density at radius 3 is 2.45 bits per heavy atom. The lowest BCUT2D eigenvalue weighted by molar-refractivity contribution is -0.138. The van der Waals surface area contributed by atoms with Crippen molar-refractivity contribution < 1.29 is 19.1 Å². The van der Waals surface area contributed by atoms with Crippen LogP contribution >= 0.6 is 0 Å². The molecule has 0 bridgehead atoms. The van der Waals surface area contributed by atoms with Gasteiger partial charge in [0.05, 0.1) is 12.1 Å². The van der Waals surface area contributed by atoms with Gasteiger partial charge in [0, 0.05) is 54.9 Å². The Kier molecular flexibility index (Phi) is 7.35. The van der Waals surface area contributed by atoms with Crippen molar-refractivity contribution in [2.75, 3.05) is 44.2 Å². The molecule has 4 aliphatic rings. The summed E-state index contributed by atoms with van der Waals surface area (Å²) in [6.07, 6.45) is 2.38. The van der Waals surface area contributed by atoms with Gasteiger partial charge in [0.2, 0.25) is 5.91 Å². The number of carbonyl (C=O) groups is 3. The molecule has 1 aliphatic carbocycles. The molecule has 4 atom stereocenters. The van der Waals surface area contributed by atoms with Crippen molar-refractivity contribution in [3.63, 3.8) is 0 Å². The van der Waals surface area contributed by atoms with E-state index in [0.29, 0.717) is 12.0 Å². The Hall–Kier alpha value is -3.14. The predicted molar refractivity (Wildman–Crippen MR) is 142 cm³/mol. The van der Waals surface area contributed by atoms with Crippen LogP contribution in [0, 0.1) is 5.41 Å². The average Bonchev–Trinajstić information content (AvgIpc) is 3.58. The van der Waals surface area contributed by atoms with Gasteiger partial charge in [-0.05, 0) is 54.5 Å². The fourth-order valence-corrected chi connectivity index (χ4v) is 5.89. The Morgan fingerprint density at radius 2 is 1.84 bits per heavy atom. The zero-order valence-electron chi connectivity index (χ0n) is 22.4. The summed E-state index contributed by atoms with van der Waals surface area (Å²) in [5.41, 5.74) is 10.2. The molecule has 38 heavy (non-hydrogen) atoms. The number of ketones is 1. The predicted octanol–water partition coefficient (Wildman–Crippen LogP) is 2.36. The number of rotatable bonds is 7. The highest BCUT2D eigenvalue weighted by molar-refractivity contribution is 5.99. The standard InChI is InChI=1S/C27H37N7O4/c1-27(2,3)14-20(26(37)34-15-21(30-31-28)24-23(34)22(35)16-38-24)29-25(36)17-4-6-18(7-5-17)32-10-12-33(13-11-32)19-8-9-19/h4-7,19-21,23-24H,8-16H2,1-3H3,(H,29,36)/t20-,21-,23+,24+/m0/s1. The second-order valence-electron chi connectivity index (χ2n) is 12.0. The number of nitrogens with zero attached hydrogens (tertiary/aromatic N) is 6. The molecule has 11 heteroatoms. The van der Waals surface area contributed by atoms with Crippen molar-refractivity contribution in [1.29, 1.82) is 0 Å². The number of hydrogen-bond acceptors (Lipinski definition) is 7. The van der Waals surface area contributed by atoms with Crippen molar-refractivity contribution in [2.45, 2.75) is 70.3 Å². The van der Waals surface area contributed by atoms with Crippen LogP contribution in [-0.4, -0.2) is 97.0 Å². The highest BCUT2D eigenvalue weighted by atomic mass is 16.5. The van der Waals surface area contributed by atoms with E-state index in [0.717, 1.165) is 37.9 Å². The van der Waals surface area contributed by atoms with Crippen LogP contribution in [0.25, 0.3) is 10.4 Å². The number of benzene rings is 1. The first kappa shape index (κ1) is 26.5. The third-order valence-corrected chi connectivity index (χ3v) is 7.93. The summed E-state index contributed by atoms with van der Waals surface area (Å²) < 4.78 is 5.55. The Bertz CT molecular complexity index is 1120. The Morgan fingerprint density at radius 1 is 1.16 bits per heavy atom. The van der Waals surface area contributed by atoms with Gasteiger partial charge in [-0.25, -0.2) is 0 Å². The van der Waals surface area contributed by atoms with Gasteiger partial charge >= 0.3 is 0 Å². The van der Waals surface area contributed by atoms with Crippen molar-refractivity contribution in [2.24, 2.45) is 10.5 Å². The number of fused-ring (bicyclic) bond motifs is 1. The van der Waals surface area contributed by atoms with Gasteiger partial charge in [0.15, 0.2) is 5.78 Å². The molecule has 1 saturated carbocycles. The summed E-state index contributed by atoms with van der Waals surface area (Å²) in [7, 11) is 0. The molecule has 5 rings (SSSR count). The van der Waals surface area contributed by atoms with Gasteiger partial charge in [0.1, 0.15) is 18.7 Å². The second-order valence-corrected chi connectivity index (χ2v) is 12.0. The van der Waals surface area contributed by atoms with Gasteiger partial charge in [-0.2, -0.15) is 0 Å². The molecule has 4 fully saturated rings. The number of likely N-dealkylation sites (tertiary alicyclic amines) is 1. The zero-order chi connectivity index (χ0) is 27.0. The third kappa shape index (κ3) is 5.65. The molecule has 2 amide bonds. The van der Waals surface area contributed by atoms with E-state index in [-0.39, 0.29) is 36.2 Å². The molecule has 1 aromatic rings. The SMILES string of the molecule is CC(C)(C)C[C@H](NC(=O)c1ccc(N2CCN(C3CC3)CC2)cc1)C(=O)N1C[C@H](N=[N+]=[N-])[C@H]2OCC(=O)[C@H]21. The molecular formula is C27H37N7O4. The van der Waals surface area contributed by atoms with Gasteiger partial charge < -0.3 is 19.9 Å². The van der Waals surface area contributed by atoms with Crippen LogP contribution in [0.4, 0.5) is 5.69 Å². The minimum atomic E-state index is -0.837. The molecule has 1 aromatic carbocycles. The highest BCUT2D eigenvalue weighted by Crippen LogP contribution is 2.32. The lowest BCUT2D eigenvalue weighted by Crippen LogP contribution is -2.53. The first-order chi connectivity index (χ1) is 18.1. The number of carbonyl (C=O) groups excluding carboxylic acids is 3. The van der Waals surface area contributed by atoms with Crippen LogP contribution in [0.2, 0.25) is 0 Å². The van der Waals surface area contributed by atoms with E-state index < -0.39 is 24.2 Å². The van der Waals surface area contributed by atoms with E-state index >= 15 is 0 Å². The number of piperazine rings is 1. The maximum Gasteiger partial charge on any atom is 0.251 e. The van der Waals surface area contributed by atoms with Crippen molar-refractivity contribution in [3.8, 4) is 0 Å². The lowest BCUT2D eigenvalue weighted by atomic mass is 9.87. The minimum Gasteiger partial charge on any atom is -0.369 e. The number of anilines is 1. The van der Waals surface area contributed by atoms with E-state index in [2.05, 4.69) is 25.1 Å². The maximum absolute atomic E-state index is 13.7. The first-order valence-corrected chi connectivity index (χ1v) is 13.5. The monoisotopic (exact) mass is 523 g/mol. The fourth-order valence-electron chi connectivity index (χ4n) is 5.89. The second kappa shape index (κ2) is 10.6. The van der Waals surface area contributed by atoms with E-state index in [1.54, 1.807) is 12.1 Å². The minimum absolute atomic E-state index is 0.0865. The molecule has 3 saturated heterocycles. The summed E-state index contributed by atoms with van der Waals surface area (Å²) in [5, 5.41) is 6.68. The van der Waals surface area contributed by atoms with E-state index in [1.807, 2.05) is 32.9 Å². The maximum atomic E-state index is 13.7. The van der Waals surface area contributed by atoms with Crippen molar-refractivity contribution >= 4 is 23.3 Å². The van der Waals surface area contributed by atoms with Crippen LogP contribution in [0.1, 0.15) is 50.4 Å². The number of nitrogens with one attached hydrogen (secondary N) is 1. The van der Waals surface area contributed by atoms with Crippen LogP contribution in [-0.2, 0) is 14.3 Å². The largest absolute Gasteiger partial charge is 0.369 e. The summed E-state index contributed by atoms with van der Waals surface area (Å²) in [4.78, 5) is 48.7. The van der Waals surface area contributed by atoms with Gasteiger partial charge in [-0.15, -0.1) is 0 Å². The topological polar surface area (TPSA) is 131 Å². The molecule has 1 N–H and O–H groups in total. The molecule has 3 aliphatic heterocycles. The molecule has 0 radical (unpaired) electrons. The van der Waals surface area contributed by atoms with E-state index in [1.165, 1.54) is 17.7 Å². The fraction of sp³-hybridized carbons (Fsp3) is 0.667. The lowest BCUT2D eigenvalue weighted by Gasteiger charge is -2.36. The van der Waals surface area contributed by atoms with Crippen LogP contribution in [0.15, 0.2) is 29.4 Å². The van der Waals surface area contributed by atoms with Gasteiger partial charge in [0.25, 0.3) is 5.91 Å². The first-order valence-electron chi connectivity index (χ1n) is 13.5. The quantitative estimate of drug-likeness (QED) is 0.332. The summed E-state index contributed by atoms with van der Waals surface area (Å²) in [6, 6.07) is 6.04. The molecule has 0 unspecified atom stereocenters. The third-order valence-electron chi connectivity index (χ3n) is 7.93. The number of hydrogen-bond donors (Lipinski definition) is 1. The molecule has 204 valence electrons. The highest BCUT2D eigenvalue weighted by Gasteiger charge is 2.53. The normalized spacial score (nSPS) is 26.6. The molecular weight excluding hydrogens is 486 g/mol. The molecule has 0 aromatic heterocycles. The molecule has 0 spiro atoms. The molecule has 3 heterocycles. The smallest absolute Gasteiger partial charge is 0.251 e. The van der Waals surface area contributed by atoms with Crippen LogP contribution in [0.3, 0.4) is 0 Å². The van der Waals surface area contributed by atoms with Crippen molar-refractivity contribution in [3.05, 3.63) is 40.3 Å².